The molecule has 0 fully saturated rings. The van der Waals surface area contributed by atoms with Crippen molar-refractivity contribution in [3.63, 3.8) is 0 Å². The smallest absolute Gasteiger partial charge is 0.318 e. The predicted molar refractivity (Wildman–Crippen MR) is 63.4 cm³/mol. The molecule has 0 spiro atoms. The summed E-state index contributed by atoms with van der Waals surface area (Å²) in [6.45, 7) is 1.29. The third-order valence-electron chi connectivity index (χ3n) is 2.28. The van der Waals surface area contributed by atoms with Crippen molar-refractivity contribution in [2.75, 3.05) is 19.0 Å². The molecule has 2 rings (SSSR count). The standard InChI is InChI=1S/C11H15N5O/c1-12-7-10-14-15-11(17-10)16(2)8-9-3-5-13-6-4-9/h3-6,12H,7-8H2,1-2H3. The van der Waals surface area contributed by atoms with E-state index in [1.807, 2.05) is 31.1 Å². The average Bonchev–Trinajstić information content (AvgIpc) is 2.79. The minimum Gasteiger partial charge on any atom is -0.407 e. The van der Waals surface area contributed by atoms with Gasteiger partial charge in [0, 0.05) is 26.0 Å². The Morgan fingerprint density at radius 2 is 2.06 bits per heavy atom. The van der Waals surface area contributed by atoms with Crippen molar-refractivity contribution in [3.8, 4) is 0 Å². The van der Waals surface area contributed by atoms with Gasteiger partial charge in [-0.25, -0.2) is 0 Å². The molecule has 0 saturated carbocycles. The molecule has 1 N–H and O–H groups in total. The molecule has 6 heteroatoms. The van der Waals surface area contributed by atoms with Crippen molar-refractivity contribution in [1.29, 1.82) is 0 Å². The third kappa shape index (κ3) is 3.01. The van der Waals surface area contributed by atoms with Gasteiger partial charge in [-0.15, -0.1) is 5.10 Å². The van der Waals surface area contributed by atoms with E-state index >= 15 is 0 Å². The van der Waals surface area contributed by atoms with Gasteiger partial charge in [0.25, 0.3) is 0 Å². The van der Waals surface area contributed by atoms with E-state index < -0.39 is 0 Å². The minimum atomic E-state index is 0.520. The second kappa shape index (κ2) is 5.40. The average molecular weight is 233 g/mol. The predicted octanol–water partition coefficient (Wildman–Crippen LogP) is 0.820. The van der Waals surface area contributed by atoms with Crippen LogP contribution < -0.4 is 10.2 Å². The topological polar surface area (TPSA) is 67.1 Å². The molecule has 0 bridgehead atoms. The van der Waals surface area contributed by atoms with E-state index in [0.717, 1.165) is 5.56 Å². The summed E-state index contributed by atoms with van der Waals surface area (Å²) in [7, 11) is 3.75. The normalized spacial score (nSPS) is 10.5. The minimum absolute atomic E-state index is 0.520. The fourth-order valence-electron chi connectivity index (χ4n) is 1.45. The number of rotatable bonds is 5. The first-order valence-electron chi connectivity index (χ1n) is 5.36. The van der Waals surface area contributed by atoms with Gasteiger partial charge in [0.15, 0.2) is 0 Å². The second-order valence-electron chi connectivity index (χ2n) is 3.72. The number of nitrogens with one attached hydrogen (secondary N) is 1. The summed E-state index contributed by atoms with van der Waals surface area (Å²) >= 11 is 0. The van der Waals surface area contributed by atoms with Crippen LogP contribution in [0.3, 0.4) is 0 Å². The maximum Gasteiger partial charge on any atom is 0.318 e. The highest BCUT2D eigenvalue weighted by Crippen LogP contribution is 2.13. The molecule has 0 amide bonds. The summed E-state index contributed by atoms with van der Waals surface area (Å²) in [5.41, 5.74) is 1.15. The number of aromatic nitrogens is 3. The van der Waals surface area contributed by atoms with Crippen molar-refractivity contribution in [3.05, 3.63) is 36.0 Å². The van der Waals surface area contributed by atoms with Crippen molar-refractivity contribution in [2.45, 2.75) is 13.1 Å². The van der Waals surface area contributed by atoms with Gasteiger partial charge < -0.3 is 14.6 Å². The van der Waals surface area contributed by atoms with Gasteiger partial charge in [-0.1, -0.05) is 5.10 Å². The van der Waals surface area contributed by atoms with Gasteiger partial charge in [-0.3, -0.25) is 4.98 Å². The van der Waals surface area contributed by atoms with Crippen LogP contribution in [0, 0.1) is 0 Å². The zero-order valence-electron chi connectivity index (χ0n) is 9.92. The molecule has 0 aliphatic carbocycles. The summed E-state index contributed by atoms with van der Waals surface area (Å²) in [5, 5.41) is 10.9. The molecule has 0 aliphatic rings. The Bertz CT molecular complexity index is 456. The number of hydrogen-bond donors (Lipinski definition) is 1. The Labute approximate surface area is 99.7 Å². The van der Waals surface area contributed by atoms with Crippen LogP contribution in [0.25, 0.3) is 0 Å². The number of pyridine rings is 1. The molecule has 0 aromatic carbocycles. The highest BCUT2D eigenvalue weighted by Gasteiger charge is 2.10. The van der Waals surface area contributed by atoms with E-state index in [9.17, 15) is 0 Å². The largest absolute Gasteiger partial charge is 0.407 e. The van der Waals surface area contributed by atoms with Crippen molar-refractivity contribution in [1.82, 2.24) is 20.5 Å². The summed E-state index contributed by atoms with van der Waals surface area (Å²) in [6, 6.07) is 4.44. The van der Waals surface area contributed by atoms with Gasteiger partial charge >= 0.3 is 6.01 Å². The Balaban J connectivity index is 2.01. The summed E-state index contributed by atoms with van der Waals surface area (Å²) in [6.07, 6.45) is 3.53. The second-order valence-corrected chi connectivity index (χ2v) is 3.72. The zero-order chi connectivity index (χ0) is 12.1. The molecule has 17 heavy (non-hydrogen) atoms. The zero-order valence-corrected chi connectivity index (χ0v) is 9.92. The molecule has 2 aromatic rings. The molecule has 0 saturated heterocycles. The first-order valence-corrected chi connectivity index (χ1v) is 5.36. The molecule has 6 nitrogen and oxygen atoms in total. The maximum absolute atomic E-state index is 5.48. The lowest BCUT2D eigenvalue weighted by Crippen LogP contribution is -2.16. The van der Waals surface area contributed by atoms with Crippen LogP contribution >= 0.6 is 0 Å². The Morgan fingerprint density at radius 3 is 2.76 bits per heavy atom. The molecule has 90 valence electrons. The summed E-state index contributed by atoms with van der Waals surface area (Å²) < 4.78 is 5.48. The van der Waals surface area contributed by atoms with Crippen LogP contribution in [-0.2, 0) is 13.1 Å². The van der Waals surface area contributed by atoms with Crippen molar-refractivity contribution >= 4 is 6.01 Å². The SMILES string of the molecule is CNCc1nnc(N(C)Cc2ccncc2)o1. The van der Waals surface area contributed by atoms with Crippen molar-refractivity contribution in [2.24, 2.45) is 0 Å². The molecule has 2 heterocycles. The fraction of sp³-hybridized carbons (Fsp3) is 0.364. The number of nitrogens with zero attached hydrogens (tertiary/aromatic N) is 4. The Hall–Kier alpha value is -1.95. The third-order valence-corrected chi connectivity index (χ3v) is 2.28. The summed E-state index contributed by atoms with van der Waals surface area (Å²) in [5.74, 6) is 0.587. The van der Waals surface area contributed by atoms with E-state index in [4.69, 9.17) is 4.42 Å². The molecular weight excluding hydrogens is 218 g/mol. The first-order chi connectivity index (χ1) is 8.29. The monoisotopic (exact) mass is 233 g/mol. The lowest BCUT2D eigenvalue weighted by molar-refractivity contribution is 0.475. The summed E-state index contributed by atoms with van der Waals surface area (Å²) in [4.78, 5) is 5.88. The maximum atomic E-state index is 5.48. The van der Waals surface area contributed by atoms with Gasteiger partial charge in [-0.2, -0.15) is 0 Å². The molecule has 0 atom stereocenters. The van der Waals surface area contributed by atoms with Crippen molar-refractivity contribution < 1.29 is 4.42 Å². The van der Waals surface area contributed by atoms with Crippen LogP contribution in [0.1, 0.15) is 11.5 Å². The molecule has 2 aromatic heterocycles. The van der Waals surface area contributed by atoms with E-state index in [1.54, 1.807) is 12.4 Å². The fourth-order valence-corrected chi connectivity index (χ4v) is 1.45. The van der Waals surface area contributed by atoms with Gasteiger partial charge in [0.1, 0.15) is 0 Å². The van der Waals surface area contributed by atoms with E-state index in [-0.39, 0.29) is 0 Å². The Morgan fingerprint density at radius 1 is 1.29 bits per heavy atom. The lowest BCUT2D eigenvalue weighted by atomic mass is 10.2. The van der Waals surface area contributed by atoms with E-state index in [1.165, 1.54) is 0 Å². The van der Waals surface area contributed by atoms with Crippen LogP contribution in [0.15, 0.2) is 28.9 Å². The van der Waals surface area contributed by atoms with Crippen LogP contribution in [0.4, 0.5) is 6.01 Å². The molecule has 0 aliphatic heterocycles. The number of anilines is 1. The molecule has 0 radical (unpaired) electrons. The Kier molecular flexibility index (Phi) is 3.66. The van der Waals surface area contributed by atoms with Crippen LogP contribution in [0.5, 0.6) is 0 Å². The van der Waals surface area contributed by atoms with Crippen LogP contribution in [0.2, 0.25) is 0 Å². The quantitative estimate of drug-likeness (QED) is 0.824. The first kappa shape index (κ1) is 11.5. The van der Waals surface area contributed by atoms with E-state index in [0.29, 0.717) is 25.0 Å². The van der Waals surface area contributed by atoms with E-state index in [2.05, 4.69) is 20.5 Å². The van der Waals surface area contributed by atoms with Gasteiger partial charge in [0.2, 0.25) is 5.89 Å². The van der Waals surface area contributed by atoms with Gasteiger partial charge in [0.05, 0.1) is 6.54 Å². The van der Waals surface area contributed by atoms with Crippen LogP contribution in [-0.4, -0.2) is 29.3 Å². The van der Waals surface area contributed by atoms with Gasteiger partial charge in [-0.05, 0) is 24.7 Å². The number of hydrogen-bond acceptors (Lipinski definition) is 6. The lowest BCUT2D eigenvalue weighted by Gasteiger charge is -2.13. The highest BCUT2D eigenvalue weighted by molar-refractivity contribution is 5.25. The molecular formula is C11H15N5O. The highest BCUT2D eigenvalue weighted by atomic mass is 16.4. The molecule has 0 unspecified atom stereocenters.